The molecular formula is C17H9FN4O4. The topological polar surface area (TPSA) is 94.4 Å². The SMILES string of the molecule is O=C(ON1C(=O)c2ccccc2C1=O)c1cc(-n2ccnn2)ccc1F. The summed E-state index contributed by atoms with van der Waals surface area (Å²) in [5, 5.41) is 7.70. The summed E-state index contributed by atoms with van der Waals surface area (Å²) in [6.45, 7) is 0. The van der Waals surface area contributed by atoms with Crippen LogP contribution in [0, 0.1) is 5.82 Å². The number of amides is 2. The van der Waals surface area contributed by atoms with E-state index < -0.39 is 29.2 Å². The zero-order valence-electron chi connectivity index (χ0n) is 13.0. The van der Waals surface area contributed by atoms with Crippen LogP contribution < -0.4 is 0 Å². The van der Waals surface area contributed by atoms with Crippen LogP contribution in [0.25, 0.3) is 5.69 Å². The molecular weight excluding hydrogens is 343 g/mol. The van der Waals surface area contributed by atoms with Gasteiger partial charge >= 0.3 is 5.97 Å². The van der Waals surface area contributed by atoms with E-state index in [-0.39, 0.29) is 11.1 Å². The Bertz CT molecular complexity index is 1010. The van der Waals surface area contributed by atoms with Crippen molar-refractivity contribution in [2.75, 3.05) is 0 Å². The number of carbonyl (C=O) groups excluding carboxylic acids is 3. The molecule has 1 aromatic heterocycles. The van der Waals surface area contributed by atoms with Crippen molar-refractivity contribution in [1.29, 1.82) is 0 Å². The molecule has 0 saturated heterocycles. The summed E-state index contributed by atoms with van der Waals surface area (Å²) in [4.78, 5) is 41.6. The minimum Gasteiger partial charge on any atom is -0.324 e. The average Bonchev–Trinajstić information content (AvgIpc) is 3.26. The number of imide groups is 1. The number of hydrogen-bond acceptors (Lipinski definition) is 6. The molecule has 9 heteroatoms. The number of rotatable bonds is 3. The Hall–Kier alpha value is -3.88. The third kappa shape index (κ3) is 2.42. The number of hydrogen-bond donors (Lipinski definition) is 0. The molecule has 0 N–H and O–H groups in total. The Morgan fingerprint density at radius 1 is 1.04 bits per heavy atom. The van der Waals surface area contributed by atoms with Gasteiger partial charge in [-0.3, -0.25) is 9.59 Å². The fourth-order valence-electron chi connectivity index (χ4n) is 2.54. The molecule has 3 aromatic rings. The van der Waals surface area contributed by atoms with Crippen molar-refractivity contribution in [3.05, 3.63) is 77.4 Å². The van der Waals surface area contributed by atoms with Crippen molar-refractivity contribution in [3.63, 3.8) is 0 Å². The number of carbonyl (C=O) groups is 3. The van der Waals surface area contributed by atoms with Crippen LogP contribution in [0.2, 0.25) is 0 Å². The van der Waals surface area contributed by atoms with Gasteiger partial charge in [0.1, 0.15) is 5.82 Å². The van der Waals surface area contributed by atoms with Crippen molar-refractivity contribution >= 4 is 17.8 Å². The standard InChI is InChI=1S/C17H9FN4O4/c18-14-6-5-10(21-8-7-19-20-21)9-13(14)17(25)26-22-15(23)11-3-1-2-4-12(11)16(22)24/h1-9H. The van der Waals surface area contributed by atoms with E-state index >= 15 is 0 Å². The maximum Gasteiger partial charge on any atom is 0.366 e. The van der Waals surface area contributed by atoms with E-state index in [0.29, 0.717) is 10.8 Å². The summed E-state index contributed by atoms with van der Waals surface area (Å²) in [7, 11) is 0. The van der Waals surface area contributed by atoms with Gasteiger partial charge in [0.25, 0.3) is 11.8 Å². The highest BCUT2D eigenvalue weighted by Crippen LogP contribution is 2.24. The van der Waals surface area contributed by atoms with Crippen molar-refractivity contribution in [3.8, 4) is 5.69 Å². The van der Waals surface area contributed by atoms with Gasteiger partial charge in [0.2, 0.25) is 0 Å². The Morgan fingerprint density at radius 2 is 1.73 bits per heavy atom. The molecule has 4 rings (SSSR count). The average molecular weight is 352 g/mol. The third-order valence-electron chi connectivity index (χ3n) is 3.79. The summed E-state index contributed by atoms with van der Waals surface area (Å²) in [5.74, 6) is -3.62. The summed E-state index contributed by atoms with van der Waals surface area (Å²) in [6, 6.07) is 9.67. The molecule has 8 nitrogen and oxygen atoms in total. The van der Waals surface area contributed by atoms with Crippen LogP contribution in [0.5, 0.6) is 0 Å². The first-order valence-electron chi connectivity index (χ1n) is 7.42. The monoisotopic (exact) mass is 352 g/mol. The molecule has 2 amide bonds. The van der Waals surface area contributed by atoms with Crippen molar-refractivity contribution < 1.29 is 23.6 Å². The molecule has 0 aliphatic carbocycles. The van der Waals surface area contributed by atoms with Crippen LogP contribution in [0.3, 0.4) is 0 Å². The molecule has 0 atom stereocenters. The second kappa shape index (κ2) is 5.88. The highest BCUT2D eigenvalue weighted by molar-refractivity contribution is 6.21. The van der Waals surface area contributed by atoms with E-state index in [2.05, 4.69) is 10.3 Å². The molecule has 0 bridgehead atoms. The van der Waals surface area contributed by atoms with Crippen molar-refractivity contribution in [1.82, 2.24) is 20.1 Å². The van der Waals surface area contributed by atoms with E-state index in [9.17, 15) is 18.8 Å². The molecule has 1 aliphatic rings. The molecule has 128 valence electrons. The van der Waals surface area contributed by atoms with Gasteiger partial charge in [0, 0.05) is 0 Å². The molecule has 26 heavy (non-hydrogen) atoms. The van der Waals surface area contributed by atoms with E-state index in [4.69, 9.17) is 4.84 Å². The number of aromatic nitrogens is 3. The predicted octanol–water partition coefficient (Wildman–Crippen LogP) is 1.77. The first-order chi connectivity index (χ1) is 12.6. The van der Waals surface area contributed by atoms with E-state index in [0.717, 1.165) is 6.07 Å². The zero-order valence-corrected chi connectivity index (χ0v) is 13.0. The maximum absolute atomic E-state index is 14.1. The lowest BCUT2D eigenvalue weighted by molar-refractivity contribution is -0.0587. The molecule has 1 aliphatic heterocycles. The third-order valence-corrected chi connectivity index (χ3v) is 3.79. The minimum absolute atomic E-state index is 0.113. The predicted molar refractivity (Wildman–Crippen MR) is 83.7 cm³/mol. The number of benzene rings is 2. The van der Waals surface area contributed by atoms with Gasteiger partial charge in [-0.25, -0.2) is 13.9 Å². The molecule has 0 fully saturated rings. The van der Waals surface area contributed by atoms with Crippen LogP contribution in [0.4, 0.5) is 4.39 Å². The Balaban J connectivity index is 1.63. The van der Waals surface area contributed by atoms with Gasteiger partial charge in [-0.2, -0.15) is 0 Å². The molecule has 2 aromatic carbocycles. The Morgan fingerprint density at radius 3 is 2.35 bits per heavy atom. The van der Waals surface area contributed by atoms with E-state index in [1.165, 1.54) is 41.3 Å². The maximum atomic E-state index is 14.1. The fourth-order valence-corrected chi connectivity index (χ4v) is 2.54. The normalized spacial score (nSPS) is 13.0. The highest BCUT2D eigenvalue weighted by atomic mass is 19.1. The largest absolute Gasteiger partial charge is 0.366 e. The highest BCUT2D eigenvalue weighted by Gasteiger charge is 2.39. The molecule has 0 radical (unpaired) electrons. The summed E-state index contributed by atoms with van der Waals surface area (Å²) >= 11 is 0. The van der Waals surface area contributed by atoms with Gasteiger partial charge < -0.3 is 4.84 Å². The van der Waals surface area contributed by atoms with Gasteiger partial charge in [0.05, 0.1) is 34.8 Å². The Kier molecular flexibility index (Phi) is 3.54. The quantitative estimate of drug-likeness (QED) is 0.667. The van der Waals surface area contributed by atoms with Gasteiger partial charge in [0.15, 0.2) is 0 Å². The molecule has 0 spiro atoms. The van der Waals surface area contributed by atoms with Crippen LogP contribution in [-0.4, -0.2) is 37.8 Å². The second-order valence-electron chi connectivity index (χ2n) is 5.34. The first-order valence-corrected chi connectivity index (χ1v) is 7.42. The number of fused-ring (bicyclic) bond motifs is 1. The van der Waals surface area contributed by atoms with Crippen LogP contribution >= 0.6 is 0 Å². The van der Waals surface area contributed by atoms with Gasteiger partial charge in [-0.15, -0.1) is 5.10 Å². The number of nitrogens with zero attached hydrogens (tertiary/aromatic N) is 4. The van der Waals surface area contributed by atoms with Gasteiger partial charge in [-0.05, 0) is 30.3 Å². The molecule has 0 saturated carbocycles. The lowest BCUT2D eigenvalue weighted by atomic mass is 10.1. The minimum atomic E-state index is -1.18. The van der Waals surface area contributed by atoms with Gasteiger partial charge in [-0.1, -0.05) is 22.4 Å². The van der Waals surface area contributed by atoms with E-state index in [1.807, 2.05) is 0 Å². The number of halogens is 1. The summed E-state index contributed by atoms with van der Waals surface area (Å²) in [6.07, 6.45) is 2.92. The Labute approximate surface area is 145 Å². The summed E-state index contributed by atoms with van der Waals surface area (Å²) < 4.78 is 15.4. The van der Waals surface area contributed by atoms with Crippen LogP contribution in [-0.2, 0) is 4.84 Å². The lowest BCUT2D eigenvalue weighted by Crippen LogP contribution is -2.33. The van der Waals surface area contributed by atoms with Crippen molar-refractivity contribution in [2.45, 2.75) is 0 Å². The molecule has 0 unspecified atom stereocenters. The number of hydroxylamine groups is 2. The smallest absolute Gasteiger partial charge is 0.324 e. The van der Waals surface area contributed by atoms with E-state index in [1.54, 1.807) is 12.1 Å². The summed E-state index contributed by atoms with van der Waals surface area (Å²) in [5.41, 5.74) is 0.136. The lowest BCUT2D eigenvalue weighted by Gasteiger charge is -2.13. The second-order valence-corrected chi connectivity index (χ2v) is 5.34. The first kappa shape index (κ1) is 15.6. The zero-order chi connectivity index (χ0) is 18.3. The molecule has 2 heterocycles. The van der Waals surface area contributed by atoms with Crippen LogP contribution in [0.15, 0.2) is 54.9 Å². The van der Waals surface area contributed by atoms with Crippen molar-refractivity contribution in [2.24, 2.45) is 0 Å². The van der Waals surface area contributed by atoms with Crippen LogP contribution in [0.1, 0.15) is 31.1 Å². The fraction of sp³-hybridized carbons (Fsp3) is 0.